The number of ether oxygens (including phenoxy) is 1. The Labute approximate surface area is 95.7 Å². The number of hydrogen-bond donors (Lipinski definition) is 1. The van der Waals surface area contributed by atoms with Crippen LogP contribution in [-0.4, -0.2) is 18.6 Å². The van der Waals surface area contributed by atoms with Crippen molar-refractivity contribution < 1.29 is 9.66 Å². The highest BCUT2D eigenvalue weighted by Crippen LogP contribution is 2.37. The van der Waals surface area contributed by atoms with Gasteiger partial charge in [0.15, 0.2) is 5.69 Å². The third-order valence-corrected chi connectivity index (χ3v) is 2.27. The smallest absolute Gasteiger partial charge is 0.297 e. The average Bonchev–Trinajstić information content (AvgIpc) is 2.19. The Morgan fingerprint density at radius 1 is 1.60 bits per heavy atom. The lowest BCUT2D eigenvalue weighted by molar-refractivity contribution is -0.384. The number of nitro groups is 1. The van der Waals surface area contributed by atoms with Gasteiger partial charge in [0.25, 0.3) is 5.69 Å². The molecule has 0 aliphatic rings. The third kappa shape index (κ3) is 2.59. The number of halogens is 1. The maximum absolute atomic E-state index is 10.8. The van der Waals surface area contributed by atoms with Crippen molar-refractivity contribution >= 4 is 27.3 Å². The topological polar surface area (TPSA) is 64.4 Å². The zero-order valence-corrected chi connectivity index (χ0v) is 10.00. The van der Waals surface area contributed by atoms with Crippen LogP contribution in [0.15, 0.2) is 16.6 Å². The van der Waals surface area contributed by atoms with Gasteiger partial charge in [0, 0.05) is 17.1 Å². The second kappa shape index (κ2) is 4.97. The summed E-state index contributed by atoms with van der Waals surface area (Å²) in [5, 5.41) is 13.7. The number of nitro benzene ring substituents is 1. The number of benzene rings is 1. The van der Waals surface area contributed by atoms with Crippen molar-refractivity contribution in [3.8, 4) is 5.75 Å². The standard InChI is InChI=1S/C9H11BrN2O3/c1-3-11-9-7(12(13)14)4-6(10)5-8(9)15-2/h4-5,11H,3H2,1-2H3. The molecule has 0 aromatic heterocycles. The average molecular weight is 275 g/mol. The van der Waals surface area contributed by atoms with Crippen molar-refractivity contribution in [2.24, 2.45) is 0 Å². The van der Waals surface area contributed by atoms with E-state index < -0.39 is 4.92 Å². The van der Waals surface area contributed by atoms with Crippen LogP contribution in [0.4, 0.5) is 11.4 Å². The number of nitrogens with one attached hydrogen (secondary N) is 1. The fraction of sp³-hybridized carbons (Fsp3) is 0.333. The predicted octanol–water partition coefficient (Wildman–Crippen LogP) is 2.80. The summed E-state index contributed by atoms with van der Waals surface area (Å²) in [6, 6.07) is 3.13. The van der Waals surface area contributed by atoms with Crippen LogP contribution in [0.2, 0.25) is 0 Å². The molecule has 5 nitrogen and oxygen atoms in total. The summed E-state index contributed by atoms with van der Waals surface area (Å²) < 4.78 is 5.69. The van der Waals surface area contributed by atoms with Crippen molar-refractivity contribution in [3.05, 3.63) is 26.7 Å². The summed E-state index contributed by atoms with van der Waals surface area (Å²) in [7, 11) is 1.48. The van der Waals surface area contributed by atoms with E-state index in [9.17, 15) is 10.1 Å². The second-order valence-electron chi connectivity index (χ2n) is 2.79. The van der Waals surface area contributed by atoms with Gasteiger partial charge in [-0.2, -0.15) is 0 Å². The molecule has 0 bridgehead atoms. The molecule has 0 aliphatic heterocycles. The predicted molar refractivity (Wildman–Crippen MR) is 61.5 cm³/mol. The van der Waals surface area contributed by atoms with E-state index in [0.717, 1.165) is 0 Å². The van der Waals surface area contributed by atoms with Gasteiger partial charge in [0.05, 0.1) is 12.0 Å². The van der Waals surface area contributed by atoms with Crippen molar-refractivity contribution in [1.29, 1.82) is 0 Å². The van der Waals surface area contributed by atoms with Gasteiger partial charge in [-0.15, -0.1) is 0 Å². The summed E-state index contributed by atoms with van der Waals surface area (Å²) in [5.41, 5.74) is 0.413. The van der Waals surface area contributed by atoms with Gasteiger partial charge in [0.2, 0.25) is 0 Å². The minimum Gasteiger partial charge on any atom is -0.494 e. The summed E-state index contributed by atoms with van der Waals surface area (Å²) in [6.07, 6.45) is 0. The van der Waals surface area contributed by atoms with Gasteiger partial charge < -0.3 is 10.1 Å². The Balaban J connectivity index is 3.33. The SMILES string of the molecule is CCNc1c(OC)cc(Br)cc1[N+](=O)[O-]. The molecule has 82 valence electrons. The summed E-state index contributed by atoms with van der Waals surface area (Å²) in [5.74, 6) is 0.456. The van der Waals surface area contributed by atoms with Crippen LogP contribution < -0.4 is 10.1 Å². The summed E-state index contributed by atoms with van der Waals surface area (Å²) in [4.78, 5) is 10.4. The molecule has 6 heteroatoms. The second-order valence-corrected chi connectivity index (χ2v) is 3.71. The number of hydrogen-bond acceptors (Lipinski definition) is 4. The van der Waals surface area contributed by atoms with Crippen LogP contribution >= 0.6 is 15.9 Å². The van der Waals surface area contributed by atoms with E-state index >= 15 is 0 Å². The minimum atomic E-state index is -0.439. The molecule has 15 heavy (non-hydrogen) atoms. The van der Waals surface area contributed by atoms with E-state index in [1.165, 1.54) is 13.2 Å². The Morgan fingerprint density at radius 2 is 2.27 bits per heavy atom. The molecule has 0 amide bonds. The lowest BCUT2D eigenvalue weighted by Crippen LogP contribution is -2.03. The Kier molecular flexibility index (Phi) is 3.90. The third-order valence-electron chi connectivity index (χ3n) is 1.82. The van der Waals surface area contributed by atoms with Gasteiger partial charge in [-0.3, -0.25) is 10.1 Å². The molecule has 1 rings (SSSR count). The molecule has 0 atom stereocenters. The first-order valence-corrected chi connectivity index (χ1v) is 5.15. The molecule has 0 unspecified atom stereocenters. The fourth-order valence-electron chi connectivity index (χ4n) is 1.23. The van der Waals surface area contributed by atoms with E-state index in [4.69, 9.17) is 4.74 Å². The normalized spacial score (nSPS) is 9.80. The van der Waals surface area contributed by atoms with Crippen LogP contribution in [0.1, 0.15) is 6.92 Å². The fourth-order valence-corrected chi connectivity index (χ4v) is 1.65. The summed E-state index contributed by atoms with van der Waals surface area (Å²) >= 11 is 3.20. The molecule has 0 saturated carbocycles. The van der Waals surface area contributed by atoms with E-state index in [2.05, 4.69) is 21.2 Å². The lowest BCUT2D eigenvalue weighted by Gasteiger charge is -2.10. The molecule has 0 heterocycles. The Morgan fingerprint density at radius 3 is 2.73 bits per heavy atom. The van der Waals surface area contributed by atoms with E-state index in [-0.39, 0.29) is 5.69 Å². The van der Waals surface area contributed by atoms with Gasteiger partial charge in [-0.1, -0.05) is 15.9 Å². The monoisotopic (exact) mass is 274 g/mol. The first-order valence-electron chi connectivity index (χ1n) is 4.36. The van der Waals surface area contributed by atoms with Crippen LogP contribution in [0.3, 0.4) is 0 Å². The number of nitrogens with zero attached hydrogens (tertiary/aromatic N) is 1. The first-order chi connectivity index (χ1) is 7.10. The van der Waals surface area contributed by atoms with Gasteiger partial charge >= 0.3 is 0 Å². The molecule has 0 radical (unpaired) electrons. The van der Waals surface area contributed by atoms with Crippen LogP contribution in [0.5, 0.6) is 5.75 Å². The van der Waals surface area contributed by atoms with E-state index in [1.54, 1.807) is 6.07 Å². The van der Waals surface area contributed by atoms with Crippen LogP contribution in [0.25, 0.3) is 0 Å². The quantitative estimate of drug-likeness (QED) is 0.677. The number of anilines is 1. The van der Waals surface area contributed by atoms with Gasteiger partial charge in [0.1, 0.15) is 5.75 Å². The van der Waals surface area contributed by atoms with Crippen LogP contribution in [0, 0.1) is 10.1 Å². The van der Waals surface area contributed by atoms with Gasteiger partial charge in [-0.05, 0) is 13.0 Å². The van der Waals surface area contributed by atoms with Crippen molar-refractivity contribution in [2.45, 2.75) is 6.92 Å². The maximum atomic E-state index is 10.8. The number of rotatable bonds is 4. The highest BCUT2D eigenvalue weighted by molar-refractivity contribution is 9.10. The molecule has 1 aromatic carbocycles. The summed E-state index contributed by atoms with van der Waals surface area (Å²) in [6.45, 7) is 2.46. The molecular formula is C9H11BrN2O3. The zero-order chi connectivity index (χ0) is 11.4. The highest BCUT2D eigenvalue weighted by atomic mass is 79.9. The van der Waals surface area contributed by atoms with Gasteiger partial charge in [-0.25, -0.2) is 0 Å². The van der Waals surface area contributed by atoms with E-state index in [1.807, 2.05) is 6.92 Å². The molecule has 0 fully saturated rings. The molecule has 0 aliphatic carbocycles. The maximum Gasteiger partial charge on any atom is 0.297 e. The van der Waals surface area contributed by atoms with Crippen molar-refractivity contribution in [1.82, 2.24) is 0 Å². The minimum absolute atomic E-state index is 0.00285. The van der Waals surface area contributed by atoms with E-state index in [0.29, 0.717) is 22.5 Å². The zero-order valence-electron chi connectivity index (χ0n) is 8.41. The molecule has 0 spiro atoms. The largest absolute Gasteiger partial charge is 0.494 e. The van der Waals surface area contributed by atoms with Crippen molar-refractivity contribution in [3.63, 3.8) is 0 Å². The van der Waals surface area contributed by atoms with Crippen molar-refractivity contribution in [2.75, 3.05) is 19.0 Å². The molecular weight excluding hydrogens is 264 g/mol. The first kappa shape index (κ1) is 11.8. The number of methoxy groups -OCH3 is 1. The molecule has 0 saturated heterocycles. The molecule has 1 N–H and O–H groups in total. The Bertz CT molecular complexity index is 382. The lowest BCUT2D eigenvalue weighted by atomic mass is 10.2. The molecule has 1 aromatic rings. The van der Waals surface area contributed by atoms with Crippen LogP contribution in [-0.2, 0) is 0 Å². The highest BCUT2D eigenvalue weighted by Gasteiger charge is 2.19. The Hall–Kier alpha value is -1.30.